The SMILES string of the molecule is CCC1(C)C(=O)CC1c1ccnn1C. The Balaban J connectivity index is 2.31. The smallest absolute Gasteiger partial charge is 0.140 e. The molecule has 0 N–H and O–H groups in total. The highest BCUT2D eigenvalue weighted by atomic mass is 16.1. The summed E-state index contributed by atoms with van der Waals surface area (Å²) < 4.78 is 1.88. The van der Waals surface area contributed by atoms with E-state index in [1.807, 2.05) is 17.8 Å². The molecule has 2 atom stereocenters. The van der Waals surface area contributed by atoms with Gasteiger partial charge in [-0.2, -0.15) is 5.10 Å². The third kappa shape index (κ3) is 1.04. The van der Waals surface area contributed by atoms with Crippen LogP contribution in [-0.2, 0) is 11.8 Å². The summed E-state index contributed by atoms with van der Waals surface area (Å²) in [5, 5.41) is 4.15. The van der Waals surface area contributed by atoms with E-state index in [2.05, 4.69) is 18.9 Å². The van der Waals surface area contributed by atoms with E-state index in [0.717, 1.165) is 6.42 Å². The molecule has 2 rings (SSSR count). The molecule has 0 radical (unpaired) electrons. The van der Waals surface area contributed by atoms with E-state index in [1.165, 1.54) is 5.69 Å². The highest BCUT2D eigenvalue weighted by Crippen LogP contribution is 2.51. The maximum absolute atomic E-state index is 11.6. The molecule has 1 aliphatic carbocycles. The van der Waals surface area contributed by atoms with E-state index in [0.29, 0.717) is 18.1 Å². The van der Waals surface area contributed by atoms with Gasteiger partial charge >= 0.3 is 0 Å². The lowest BCUT2D eigenvalue weighted by Crippen LogP contribution is -2.46. The minimum Gasteiger partial charge on any atom is -0.299 e. The quantitative estimate of drug-likeness (QED) is 0.717. The lowest BCUT2D eigenvalue weighted by molar-refractivity contribution is -0.140. The van der Waals surface area contributed by atoms with Gasteiger partial charge in [0.2, 0.25) is 0 Å². The number of nitrogens with zero attached hydrogens (tertiary/aromatic N) is 2. The van der Waals surface area contributed by atoms with Gasteiger partial charge in [-0.05, 0) is 12.5 Å². The third-order valence-electron chi connectivity index (χ3n) is 3.75. The Morgan fingerprint density at radius 1 is 1.71 bits per heavy atom. The molecule has 1 aliphatic rings. The Bertz CT molecular complexity index is 369. The molecule has 0 spiro atoms. The second-order valence-electron chi connectivity index (χ2n) is 4.33. The Morgan fingerprint density at radius 2 is 2.43 bits per heavy atom. The number of rotatable bonds is 2. The monoisotopic (exact) mass is 192 g/mol. The number of hydrogen-bond donors (Lipinski definition) is 0. The van der Waals surface area contributed by atoms with Crippen molar-refractivity contribution in [3.63, 3.8) is 0 Å². The second-order valence-corrected chi connectivity index (χ2v) is 4.33. The number of aryl methyl sites for hydroxylation is 1. The second kappa shape index (κ2) is 2.94. The largest absolute Gasteiger partial charge is 0.299 e. The van der Waals surface area contributed by atoms with Crippen LogP contribution in [-0.4, -0.2) is 15.6 Å². The van der Waals surface area contributed by atoms with E-state index < -0.39 is 0 Å². The van der Waals surface area contributed by atoms with Gasteiger partial charge in [0, 0.05) is 36.7 Å². The van der Waals surface area contributed by atoms with E-state index in [4.69, 9.17) is 0 Å². The fraction of sp³-hybridized carbons (Fsp3) is 0.636. The number of carbonyl (C=O) groups excluding carboxylic acids is 1. The van der Waals surface area contributed by atoms with Crippen molar-refractivity contribution in [3.05, 3.63) is 18.0 Å². The van der Waals surface area contributed by atoms with E-state index in [1.54, 1.807) is 6.20 Å². The zero-order valence-electron chi connectivity index (χ0n) is 8.95. The molecule has 0 aromatic carbocycles. The maximum atomic E-state index is 11.6. The van der Waals surface area contributed by atoms with Crippen LogP contribution >= 0.6 is 0 Å². The molecule has 0 aliphatic heterocycles. The zero-order valence-corrected chi connectivity index (χ0v) is 8.95. The van der Waals surface area contributed by atoms with Crippen LogP contribution < -0.4 is 0 Å². The fourth-order valence-electron chi connectivity index (χ4n) is 2.31. The number of Topliss-reactive ketones (excluding diaryl/α,β-unsaturated/α-hetero) is 1. The molecule has 3 nitrogen and oxygen atoms in total. The van der Waals surface area contributed by atoms with Crippen LogP contribution in [0.25, 0.3) is 0 Å². The highest BCUT2D eigenvalue weighted by molar-refractivity contribution is 5.92. The molecule has 76 valence electrons. The van der Waals surface area contributed by atoms with Gasteiger partial charge in [0.1, 0.15) is 5.78 Å². The van der Waals surface area contributed by atoms with Crippen molar-refractivity contribution in [1.29, 1.82) is 0 Å². The average Bonchev–Trinajstić information content (AvgIpc) is 2.59. The van der Waals surface area contributed by atoms with Gasteiger partial charge < -0.3 is 0 Å². The van der Waals surface area contributed by atoms with Gasteiger partial charge in [0.25, 0.3) is 0 Å². The molecule has 0 bridgehead atoms. The lowest BCUT2D eigenvalue weighted by Gasteiger charge is -2.44. The highest BCUT2D eigenvalue weighted by Gasteiger charge is 2.51. The Kier molecular flexibility index (Phi) is 1.98. The summed E-state index contributed by atoms with van der Waals surface area (Å²) in [4.78, 5) is 11.6. The Morgan fingerprint density at radius 3 is 2.86 bits per heavy atom. The van der Waals surface area contributed by atoms with Crippen LogP contribution in [0.5, 0.6) is 0 Å². The summed E-state index contributed by atoms with van der Waals surface area (Å²) in [6.07, 6.45) is 3.40. The summed E-state index contributed by atoms with van der Waals surface area (Å²) in [5.41, 5.74) is 1.04. The van der Waals surface area contributed by atoms with E-state index in [9.17, 15) is 4.79 Å². The fourth-order valence-corrected chi connectivity index (χ4v) is 2.31. The standard InChI is InChI=1S/C11H16N2O/c1-4-11(2)8(7-10(11)14)9-5-6-12-13(9)3/h5-6,8H,4,7H2,1-3H3. The van der Waals surface area contributed by atoms with Gasteiger partial charge in [-0.3, -0.25) is 9.48 Å². The predicted molar refractivity (Wildman–Crippen MR) is 54.0 cm³/mol. The van der Waals surface area contributed by atoms with Crippen LogP contribution in [0.4, 0.5) is 0 Å². The van der Waals surface area contributed by atoms with Crippen molar-refractivity contribution in [2.75, 3.05) is 0 Å². The van der Waals surface area contributed by atoms with Gasteiger partial charge in [0.05, 0.1) is 0 Å². The average molecular weight is 192 g/mol. The molecular formula is C11H16N2O. The van der Waals surface area contributed by atoms with E-state index in [-0.39, 0.29) is 5.41 Å². The first-order valence-electron chi connectivity index (χ1n) is 5.10. The lowest BCUT2D eigenvalue weighted by atomic mass is 9.57. The topological polar surface area (TPSA) is 34.9 Å². The molecule has 1 aromatic heterocycles. The van der Waals surface area contributed by atoms with Crippen LogP contribution in [0.1, 0.15) is 38.3 Å². The predicted octanol–water partition coefficient (Wildman–Crippen LogP) is 1.89. The molecule has 14 heavy (non-hydrogen) atoms. The van der Waals surface area contributed by atoms with Gasteiger partial charge in [0.15, 0.2) is 0 Å². The summed E-state index contributed by atoms with van der Waals surface area (Å²) in [6, 6.07) is 2.02. The molecule has 0 saturated heterocycles. The van der Waals surface area contributed by atoms with Crippen molar-refractivity contribution in [3.8, 4) is 0 Å². The van der Waals surface area contributed by atoms with Crippen molar-refractivity contribution in [2.24, 2.45) is 12.5 Å². The van der Waals surface area contributed by atoms with Crippen LogP contribution in [0, 0.1) is 5.41 Å². The number of ketones is 1. The third-order valence-corrected chi connectivity index (χ3v) is 3.75. The van der Waals surface area contributed by atoms with Crippen LogP contribution in [0.15, 0.2) is 12.3 Å². The number of hydrogen-bond acceptors (Lipinski definition) is 2. The van der Waals surface area contributed by atoms with Crippen molar-refractivity contribution in [2.45, 2.75) is 32.6 Å². The molecule has 1 heterocycles. The molecule has 0 amide bonds. The molecule has 1 saturated carbocycles. The summed E-state index contributed by atoms with van der Waals surface area (Å²) >= 11 is 0. The van der Waals surface area contributed by atoms with Crippen LogP contribution in [0.3, 0.4) is 0 Å². The zero-order chi connectivity index (χ0) is 10.3. The van der Waals surface area contributed by atoms with Crippen LogP contribution in [0.2, 0.25) is 0 Å². The van der Waals surface area contributed by atoms with E-state index >= 15 is 0 Å². The van der Waals surface area contributed by atoms with Crippen molar-refractivity contribution in [1.82, 2.24) is 9.78 Å². The van der Waals surface area contributed by atoms with Crippen molar-refractivity contribution >= 4 is 5.78 Å². The molecule has 1 fully saturated rings. The first-order chi connectivity index (χ1) is 6.59. The minimum atomic E-state index is -0.145. The summed E-state index contributed by atoms with van der Waals surface area (Å²) in [7, 11) is 1.94. The summed E-state index contributed by atoms with van der Waals surface area (Å²) in [5.74, 6) is 0.763. The molecular weight excluding hydrogens is 176 g/mol. The molecule has 2 unspecified atom stereocenters. The van der Waals surface area contributed by atoms with Gasteiger partial charge in [-0.1, -0.05) is 13.8 Å². The Hall–Kier alpha value is -1.12. The van der Waals surface area contributed by atoms with Gasteiger partial charge in [-0.25, -0.2) is 0 Å². The molecule has 1 aromatic rings. The van der Waals surface area contributed by atoms with Gasteiger partial charge in [-0.15, -0.1) is 0 Å². The first kappa shape index (κ1) is 9.44. The first-order valence-corrected chi connectivity index (χ1v) is 5.10. The van der Waals surface area contributed by atoms with Crippen molar-refractivity contribution < 1.29 is 4.79 Å². The summed E-state index contributed by atoms with van der Waals surface area (Å²) in [6.45, 7) is 4.15. The molecule has 3 heteroatoms. The maximum Gasteiger partial charge on any atom is 0.140 e. The Labute approximate surface area is 84.1 Å². The number of aromatic nitrogens is 2. The minimum absolute atomic E-state index is 0.145. The number of carbonyl (C=O) groups is 1. The normalized spacial score (nSPS) is 31.6.